The first-order valence-corrected chi connectivity index (χ1v) is 10.0. The third kappa shape index (κ3) is 4.80. The maximum Gasteiger partial charge on any atom is 0.260 e. The van der Waals surface area contributed by atoms with E-state index in [-0.39, 0.29) is 24.5 Å². The largest absolute Gasteiger partial charge is 0.483 e. The van der Waals surface area contributed by atoms with Crippen LogP contribution in [0.1, 0.15) is 53.6 Å². The Balaban J connectivity index is 1.65. The zero-order valence-electron chi connectivity index (χ0n) is 16.5. The maximum atomic E-state index is 12.8. The van der Waals surface area contributed by atoms with E-state index in [0.29, 0.717) is 17.9 Å². The summed E-state index contributed by atoms with van der Waals surface area (Å²) in [7, 11) is 0. The van der Waals surface area contributed by atoms with Crippen LogP contribution in [0.4, 0.5) is 0 Å². The van der Waals surface area contributed by atoms with E-state index in [2.05, 4.69) is 0 Å². The molecule has 1 aromatic rings. The van der Waals surface area contributed by atoms with Gasteiger partial charge in [0.2, 0.25) is 0 Å². The number of ether oxygens (including phenoxy) is 1. The van der Waals surface area contributed by atoms with Crippen LogP contribution in [0.15, 0.2) is 12.1 Å². The normalized spacial score (nSPS) is 20.5. The molecule has 6 heteroatoms. The Morgan fingerprint density at radius 1 is 1.04 bits per heavy atom. The van der Waals surface area contributed by atoms with Crippen molar-refractivity contribution in [2.45, 2.75) is 52.0 Å². The van der Waals surface area contributed by atoms with Gasteiger partial charge in [0.05, 0.1) is 0 Å². The van der Waals surface area contributed by atoms with Crippen molar-refractivity contribution in [1.82, 2.24) is 9.80 Å². The van der Waals surface area contributed by atoms with Crippen molar-refractivity contribution in [3.05, 3.63) is 28.8 Å². The third-order valence-corrected chi connectivity index (χ3v) is 5.50. The average molecular weight is 373 g/mol. The van der Waals surface area contributed by atoms with Gasteiger partial charge in [0.15, 0.2) is 6.61 Å². The minimum atomic E-state index is 0.0206. The molecule has 2 aliphatic rings. The Kier molecular flexibility index (Phi) is 6.37. The van der Waals surface area contributed by atoms with E-state index in [4.69, 9.17) is 10.5 Å². The van der Waals surface area contributed by atoms with Gasteiger partial charge >= 0.3 is 0 Å². The van der Waals surface area contributed by atoms with Crippen LogP contribution in [-0.4, -0.2) is 60.4 Å². The molecule has 6 nitrogen and oxygen atoms in total. The Morgan fingerprint density at radius 3 is 2.30 bits per heavy atom. The molecule has 1 unspecified atom stereocenters. The van der Waals surface area contributed by atoms with Crippen LogP contribution < -0.4 is 10.5 Å². The number of amides is 2. The summed E-state index contributed by atoms with van der Waals surface area (Å²) in [6, 6.07) is 3.78. The van der Waals surface area contributed by atoms with Crippen LogP contribution in [0.25, 0.3) is 0 Å². The second-order valence-corrected chi connectivity index (χ2v) is 7.82. The molecule has 0 aromatic heterocycles. The maximum absolute atomic E-state index is 12.8. The van der Waals surface area contributed by atoms with Gasteiger partial charge in [0.25, 0.3) is 11.8 Å². The van der Waals surface area contributed by atoms with Gasteiger partial charge < -0.3 is 20.3 Å². The third-order valence-electron chi connectivity index (χ3n) is 5.50. The van der Waals surface area contributed by atoms with E-state index in [0.717, 1.165) is 56.4 Å². The Bertz CT molecular complexity index is 675. The summed E-state index contributed by atoms with van der Waals surface area (Å²) in [5.41, 5.74) is 8.43. The standard InChI is InChI=1S/C21H31N3O3/c1-15-11-17(21(26)24-10-6-7-18(22)13-24)12-16(2)20(15)27-14-19(25)23-8-4-3-5-9-23/h11-12,18H,3-10,13-14,22H2,1-2H3. The van der Waals surface area contributed by atoms with Gasteiger partial charge in [-0.25, -0.2) is 0 Å². The van der Waals surface area contributed by atoms with Gasteiger partial charge in [-0.15, -0.1) is 0 Å². The van der Waals surface area contributed by atoms with Crippen molar-refractivity contribution in [3.8, 4) is 5.75 Å². The minimum Gasteiger partial charge on any atom is -0.483 e. The Hall–Kier alpha value is -2.08. The van der Waals surface area contributed by atoms with Crippen molar-refractivity contribution in [2.75, 3.05) is 32.8 Å². The molecule has 0 spiro atoms. The minimum absolute atomic E-state index is 0.0206. The second-order valence-electron chi connectivity index (χ2n) is 7.82. The van der Waals surface area contributed by atoms with Gasteiger partial charge in [0.1, 0.15) is 5.75 Å². The van der Waals surface area contributed by atoms with Crippen LogP contribution in [-0.2, 0) is 4.79 Å². The summed E-state index contributed by atoms with van der Waals surface area (Å²) in [6.07, 6.45) is 5.26. The molecule has 3 rings (SSSR count). The lowest BCUT2D eigenvalue weighted by atomic mass is 10.0. The molecule has 0 bridgehead atoms. The van der Waals surface area contributed by atoms with Crippen LogP contribution >= 0.6 is 0 Å². The van der Waals surface area contributed by atoms with E-state index in [9.17, 15) is 9.59 Å². The molecule has 2 amide bonds. The molecule has 0 aliphatic carbocycles. The molecule has 2 heterocycles. The molecule has 1 aromatic carbocycles. The van der Waals surface area contributed by atoms with Crippen molar-refractivity contribution in [3.63, 3.8) is 0 Å². The monoisotopic (exact) mass is 373 g/mol. The summed E-state index contributed by atoms with van der Waals surface area (Å²) in [4.78, 5) is 28.9. The van der Waals surface area contributed by atoms with E-state index in [1.807, 2.05) is 35.8 Å². The summed E-state index contributed by atoms with van der Waals surface area (Å²) in [6.45, 7) is 6.92. The number of rotatable bonds is 4. The molecular weight excluding hydrogens is 342 g/mol. The summed E-state index contributed by atoms with van der Waals surface area (Å²) >= 11 is 0. The number of carbonyl (C=O) groups excluding carboxylic acids is 2. The average Bonchev–Trinajstić information content (AvgIpc) is 2.67. The molecular formula is C21H31N3O3. The highest BCUT2D eigenvalue weighted by Crippen LogP contribution is 2.26. The number of nitrogens with zero attached hydrogens (tertiary/aromatic N) is 2. The quantitative estimate of drug-likeness (QED) is 0.878. The van der Waals surface area contributed by atoms with Gasteiger partial charge in [-0.3, -0.25) is 9.59 Å². The van der Waals surface area contributed by atoms with Crippen LogP contribution in [0.3, 0.4) is 0 Å². The zero-order chi connectivity index (χ0) is 19.4. The van der Waals surface area contributed by atoms with Crippen LogP contribution in [0.2, 0.25) is 0 Å². The van der Waals surface area contributed by atoms with E-state index in [1.165, 1.54) is 6.42 Å². The molecule has 0 saturated carbocycles. The predicted molar refractivity (Wildman–Crippen MR) is 105 cm³/mol. The molecule has 2 N–H and O–H groups in total. The number of carbonyl (C=O) groups is 2. The smallest absolute Gasteiger partial charge is 0.260 e. The van der Waals surface area contributed by atoms with Crippen LogP contribution in [0.5, 0.6) is 5.75 Å². The second kappa shape index (κ2) is 8.74. The molecule has 2 saturated heterocycles. The van der Waals surface area contributed by atoms with Crippen molar-refractivity contribution in [2.24, 2.45) is 5.73 Å². The number of hydrogen-bond acceptors (Lipinski definition) is 4. The fourth-order valence-electron chi connectivity index (χ4n) is 4.05. The highest BCUT2D eigenvalue weighted by atomic mass is 16.5. The summed E-state index contributed by atoms with van der Waals surface area (Å²) < 4.78 is 5.84. The fraction of sp³-hybridized carbons (Fsp3) is 0.619. The van der Waals surface area contributed by atoms with Crippen LogP contribution in [0, 0.1) is 13.8 Å². The number of aryl methyl sites for hydroxylation is 2. The lowest BCUT2D eigenvalue weighted by Gasteiger charge is -2.31. The lowest BCUT2D eigenvalue weighted by molar-refractivity contribution is -0.134. The zero-order valence-corrected chi connectivity index (χ0v) is 16.5. The molecule has 1 atom stereocenters. The highest BCUT2D eigenvalue weighted by Gasteiger charge is 2.24. The SMILES string of the molecule is Cc1cc(C(=O)N2CCCC(N)C2)cc(C)c1OCC(=O)N1CCCCC1. The molecule has 2 aliphatic heterocycles. The van der Waals surface area contributed by atoms with Crippen molar-refractivity contribution < 1.29 is 14.3 Å². The molecule has 0 radical (unpaired) electrons. The van der Waals surface area contributed by atoms with E-state index < -0.39 is 0 Å². The van der Waals surface area contributed by atoms with Gasteiger partial charge in [0, 0.05) is 37.8 Å². The Morgan fingerprint density at radius 2 is 1.67 bits per heavy atom. The predicted octanol–water partition coefficient (Wildman–Crippen LogP) is 2.26. The first-order valence-electron chi connectivity index (χ1n) is 10.0. The summed E-state index contributed by atoms with van der Waals surface area (Å²) in [5, 5.41) is 0. The lowest BCUT2D eigenvalue weighted by Crippen LogP contribution is -2.45. The number of benzene rings is 1. The number of hydrogen-bond donors (Lipinski definition) is 1. The number of likely N-dealkylation sites (tertiary alicyclic amines) is 2. The van der Waals surface area contributed by atoms with Gasteiger partial charge in [-0.1, -0.05) is 0 Å². The van der Waals surface area contributed by atoms with Gasteiger partial charge in [-0.2, -0.15) is 0 Å². The van der Waals surface area contributed by atoms with Crippen molar-refractivity contribution >= 4 is 11.8 Å². The topological polar surface area (TPSA) is 75.9 Å². The summed E-state index contributed by atoms with van der Waals surface area (Å²) in [5.74, 6) is 0.760. The fourth-order valence-corrected chi connectivity index (χ4v) is 4.05. The van der Waals surface area contributed by atoms with E-state index >= 15 is 0 Å². The Labute approximate surface area is 161 Å². The van der Waals surface area contributed by atoms with E-state index in [1.54, 1.807) is 0 Å². The van der Waals surface area contributed by atoms with Crippen molar-refractivity contribution in [1.29, 1.82) is 0 Å². The first-order chi connectivity index (χ1) is 13.0. The molecule has 27 heavy (non-hydrogen) atoms. The number of piperidine rings is 2. The van der Waals surface area contributed by atoms with Gasteiger partial charge in [-0.05, 0) is 69.2 Å². The highest BCUT2D eigenvalue weighted by molar-refractivity contribution is 5.95. The number of nitrogens with two attached hydrogens (primary N) is 1. The molecule has 148 valence electrons. The molecule has 2 fully saturated rings. The first kappa shape index (κ1) is 19.7.